The number of rotatable bonds is 2. The number of carbonyl (C=O) groups is 2. The van der Waals surface area contributed by atoms with Gasteiger partial charge in [0.25, 0.3) is 11.8 Å². The van der Waals surface area contributed by atoms with Crippen molar-refractivity contribution in [3.8, 4) is 11.3 Å². The first kappa shape index (κ1) is 14.7. The first-order valence-electron chi connectivity index (χ1n) is 8.38. The molecule has 0 unspecified atom stereocenters. The highest BCUT2D eigenvalue weighted by Gasteiger charge is 2.36. The fourth-order valence-corrected chi connectivity index (χ4v) is 3.44. The zero-order valence-corrected chi connectivity index (χ0v) is 13.8. The number of nitrogens with one attached hydrogen (secondary N) is 1. The second-order valence-electron chi connectivity index (χ2n) is 6.31. The fraction of sp³-hybridized carbons (Fsp3) is 0. The molecular weight excluding hydrogens is 324 g/mol. The fourth-order valence-electron chi connectivity index (χ4n) is 3.44. The van der Waals surface area contributed by atoms with Crippen molar-refractivity contribution in [1.82, 2.24) is 4.98 Å². The summed E-state index contributed by atoms with van der Waals surface area (Å²) in [7, 11) is 0. The summed E-state index contributed by atoms with van der Waals surface area (Å²) in [5.41, 5.74) is 4.57. The number of carbonyl (C=O) groups excluding carboxylic acids is 2. The van der Waals surface area contributed by atoms with Crippen LogP contribution in [-0.4, -0.2) is 16.8 Å². The van der Waals surface area contributed by atoms with Crippen LogP contribution in [0, 0.1) is 0 Å². The number of fused-ring (bicyclic) bond motifs is 2. The molecule has 4 heteroatoms. The Morgan fingerprint density at radius 3 is 1.96 bits per heavy atom. The van der Waals surface area contributed by atoms with Crippen molar-refractivity contribution in [1.29, 1.82) is 0 Å². The highest BCUT2D eigenvalue weighted by Crippen LogP contribution is 2.30. The Hall–Kier alpha value is -3.66. The van der Waals surface area contributed by atoms with Crippen LogP contribution in [0.15, 0.2) is 78.9 Å². The van der Waals surface area contributed by atoms with Crippen LogP contribution in [0.2, 0.25) is 0 Å². The van der Waals surface area contributed by atoms with E-state index in [9.17, 15) is 9.59 Å². The van der Waals surface area contributed by atoms with E-state index in [-0.39, 0.29) is 11.8 Å². The Morgan fingerprint density at radius 2 is 1.31 bits per heavy atom. The van der Waals surface area contributed by atoms with Gasteiger partial charge < -0.3 is 4.98 Å². The van der Waals surface area contributed by atoms with Crippen LogP contribution in [0.1, 0.15) is 20.7 Å². The van der Waals surface area contributed by atoms with E-state index >= 15 is 0 Å². The molecule has 0 radical (unpaired) electrons. The van der Waals surface area contributed by atoms with Crippen LogP contribution in [-0.2, 0) is 0 Å². The Labute approximate surface area is 149 Å². The molecule has 1 aliphatic rings. The zero-order valence-electron chi connectivity index (χ0n) is 13.8. The molecule has 124 valence electrons. The van der Waals surface area contributed by atoms with Crippen LogP contribution in [0.4, 0.5) is 5.69 Å². The molecule has 3 aromatic carbocycles. The zero-order chi connectivity index (χ0) is 17.7. The van der Waals surface area contributed by atoms with Crippen molar-refractivity contribution in [2.45, 2.75) is 0 Å². The number of para-hydroxylation sites is 1. The van der Waals surface area contributed by atoms with E-state index in [1.165, 1.54) is 4.90 Å². The molecule has 0 aliphatic carbocycles. The number of aromatic nitrogens is 1. The lowest BCUT2D eigenvalue weighted by Crippen LogP contribution is -2.29. The molecule has 1 aromatic heterocycles. The van der Waals surface area contributed by atoms with Crippen LogP contribution >= 0.6 is 0 Å². The molecule has 0 atom stereocenters. The maximum Gasteiger partial charge on any atom is 0.266 e. The van der Waals surface area contributed by atoms with E-state index in [0.717, 1.165) is 22.2 Å². The van der Waals surface area contributed by atoms with Gasteiger partial charge in [-0.15, -0.1) is 0 Å². The van der Waals surface area contributed by atoms with Crippen molar-refractivity contribution < 1.29 is 9.59 Å². The molecule has 2 amide bonds. The van der Waals surface area contributed by atoms with E-state index in [4.69, 9.17) is 0 Å². The van der Waals surface area contributed by atoms with Crippen molar-refractivity contribution >= 4 is 28.4 Å². The van der Waals surface area contributed by atoms with Crippen molar-refractivity contribution in [3.05, 3.63) is 90.0 Å². The Kier molecular flexibility index (Phi) is 3.06. The van der Waals surface area contributed by atoms with Gasteiger partial charge in [-0.2, -0.15) is 0 Å². The Bertz CT molecular complexity index is 1100. The molecule has 2 heterocycles. The molecule has 5 rings (SSSR count). The number of H-pyrrole nitrogens is 1. The second kappa shape index (κ2) is 5.43. The van der Waals surface area contributed by atoms with Gasteiger partial charge in [0.05, 0.1) is 16.8 Å². The van der Waals surface area contributed by atoms with Gasteiger partial charge in [-0.1, -0.05) is 42.5 Å². The van der Waals surface area contributed by atoms with Gasteiger partial charge in [0.2, 0.25) is 0 Å². The van der Waals surface area contributed by atoms with E-state index in [0.29, 0.717) is 16.8 Å². The molecule has 0 spiro atoms. The monoisotopic (exact) mass is 338 g/mol. The van der Waals surface area contributed by atoms with Gasteiger partial charge in [-0.25, -0.2) is 4.90 Å². The average Bonchev–Trinajstić information content (AvgIpc) is 3.22. The summed E-state index contributed by atoms with van der Waals surface area (Å²) in [6, 6.07) is 24.6. The third-order valence-corrected chi connectivity index (χ3v) is 4.76. The van der Waals surface area contributed by atoms with Gasteiger partial charge in [0.15, 0.2) is 0 Å². The smallest absolute Gasteiger partial charge is 0.266 e. The number of amides is 2. The highest BCUT2D eigenvalue weighted by atomic mass is 16.2. The van der Waals surface area contributed by atoms with Crippen LogP contribution in [0.3, 0.4) is 0 Å². The highest BCUT2D eigenvalue weighted by molar-refractivity contribution is 6.34. The minimum Gasteiger partial charge on any atom is -0.355 e. The van der Waals surface area contributed by atoms with E-state index < -0.39 is 0 Å². The molecule has 0 saturated carbocycles. The lowest BCUT2D eigenvalue weighted by Gasteiger charge is -2.14. The average molecular weight is 338 g/mol. The molecule has 1 N–H and O–H groups in total. The van der Waals surface area contributed by atoms with E-state index in [1.807, 2.05) is 42.5 Å². The predicted molar refractivity (Wildman–Crippen MR) is 101 cm³/mol. The molecule has 26 heavy (non-hydrogen) atoms. The number of anilines is 1. The van der Waals surface area contributed by atoms with Crippen molar-refractivity contribution in [3.63, 3.8) is 0 Å². The quantitative estimate of drug-likeness (QED) is 0.542. The number of imide groups is 1. The summed E-state index contributed by atoms with van der Waals surface area (Å²) in [4.78, 5) is 29.8. The third kappa shape index (κ3) is 2.09. The number of hydrogen-bond donors (Lipinski definition) is 1. The summed E-state index contributed by atoms with van der Waals surface area (Å²) >= 11 is 0. The first-order valence-corrected chi connectivity index (χ1v) is 8.38. The summed E-state index contributed by atoms with van der Waals surface area (Å²) < 4.78 is 0. The third-order valence-electron chi connectivity index (χ3n) is 4.76. The maximum absolute atomic E-state index is 12.6. The summed E-state index contributed by atoms with van der Waals surface area (Å²) in [5.74, 6) is -0.548. The van der Waals surface area contributed by atoms with Gasteiger partial charge >= 0.3 is 0 Å². The van der Waals surface area contributed by atoms with Crippen molar-refractivity contribution in [2.24, 2.45) is 0 Å². The molecular formula is C22H14N2O2. The lowest BCUT2D eigenvalue weighted by molar-refractivity contribution is 0.0926. The molecule has 4 aromatic rings. The summed E-state index contributed by atoms with van der Waals surface area (Å²) in [5, 5.41) is 1.15. The van der Waals surface area contributed by atoms with Gasteiger partial charge in [-0.3, -0.25) is 9.59 Å². The molecule has 0 fully saturated rings. The number of nitrogens with zero attached hydrogens (tertiary/aromatic N) is 1. The number of hydrogen-bond acceptors (Lipinski definition) is 2. The van der Waals surface area contributed by atoms with E-state index in [2.05, 4.69) is 17.1 Å². The SMILES string of the molecule is O=C1c2ccccc2C(=O)N1c1ccc(-c2cc3ccccc3[nH]2)cc1. The number of aromatic amines is 1. The largest absolute Gasteiger partial charge is 0.355 e. The van der Waals surface area contributed by atoms with Gasteiger partial charge in [-0.05, 0) is 42.0 Å². The maximum atomic E-state index is 12.6. The van der Waals surface area contributed by atoms with Crippen molar-refractivity contribution in [2.75, 3.05) is 4.90 Å². The number of benzene rings is 3. The minimum absolute atomic E-state index is 0.274. The first-order chi connectivity index (χ1) is 12.7. The van der Waals surface area contributed by atoms with Gasteiger partial charge in [0.1, 0.15) is 0 Å². The Morgan fingerprint density at radius 1 is 0.692 bits per heavy atom. The molecule has 0 bridgehead atoms. The van der Waals surface area contributed by atoms with Crippen LogP contribution < -0.4 is 4.90 Å². The topological polar surface area (TPSA) is 53.2 Å². The second-order valence-corrected chi connectivity index (χ2v) is 6.31. The molecule has 4 nitrogen and oxygen atoms in total. The van der Waals surface area contributed by atoms with E-state index in [1.54, 1.807) is 24.3 Å². The Balaban J connectivity index is 1.51. The molecule has 1 aliphatic heterocycles. The molecule has 0 saturated heterocycles. The predicted octanol–water partition coefficient (Wildman–Crippen LogP) is 4.64. The van der Waals surface area contributed by atoms with Crippen LogP contribution in [0.5, 0.6) is 0 Å². The van der Waals surface area contributed by atoms with Crippen LogP contribution in [0.25, 0.3) is 22.2 Å². The summed E-state index contributed by atoms with van der Waals surface area (Å²) in [6.07, 6.45) is 0. The normalized spacial score (nSPS) is 13.5. The standard InChI is InChI=1S/C22H14N2O2/c25-21-17-6-2-3-7-18(17)22(26)24(21)16-11-9-14(10-12-16)20-13-15-5-1-4-8-19(15)23-20/h1-13,23H. The van der Waals surface area contributed by atoms with Gasteiger partial charge in [0, 0.05) is 16.6 Å². The minimum atomic E-state index is -0.274. The lowest BCUT2D eigenvalue weighted by atomic mass is 10.1. The summed E-state index contributed by atoms with van der Waals surface area (Å²) in [6.45, 7) is 0.